The Balaban J connectivity index is 1.25. The van der Waals surface area contributed by atoms with Gasteiger partial charge >= 0.3 is 6.09 Å². The van der Waals surface area contributed by atoms with E-state index in [0.717, 1.165) is 31.2 Å². The molecule has 2 N–H and O–H groups in total. The predicted molar refractivity (Wildman–Crippen MR) is 122 cm³/mol. The lowest BCUT2D eigenvalue weighted by Crippen LogP contribution is -2.26. The van der Waals surface area contributed by atoms with Gasteiger partial charge in [-0.05, 0) is 52.8 Å². The quantitative estimate of drug-likeness (QED) is 0.551. The Labute approximate surface area is 182 Å². The summed E-state index contributed by atoms with van der Waals surface area (Å²) in [5.74, 6) is 0.0484. The van der Waals surface area contributed by atoms with Gasteiger partial charge in [0.1, 0.15) is 6.61 Å². The van der Waals surface area contributed by atoms with E-state index in [-0.39, 0.29) is 17.9 Å². The number of benzene rings is 3. The third kappa shape index (κ3) is 3.61. The fraction of sp³-hybridized carbons (Fsp3) is 0.296. The third-order valence-corrected chi connectivity index (χ3v) is 6.95. The third-order valence-electron chi connectivity index (χ3n) is 6.95. The van der Waals surface area contributed by atoms with Gasteiger partial charge in [0.2, 0.25) is 0 Å². The first-order valence-electron chi connectivity index (χ1n) is 11.0. The Morgan fingerprint density at radius 3 is 2.06 bits per heavy atom. The van der Waals surface area contributed by atoms with Crippen LogP contribution in [-0.2, 0) is 10.2 Å². The maximum Gasteiger partial charge on any atom is 0.411 e. The first kappa shape index (κ1) is 19.8. The second-order valence-electron chi connectivity index (χ2n) is 8.67. The molecule has 2 aliphatic carbocycles. The molecule has 5 rings (SSSR count). The number of ether oxygens (including phenoxy) is 1. The molecule has 31 heavy (non-hydrogen) atoms. The Kier molecular flexibility index (Phi) is 5.24. The highest BCUT2D eigenvalue weighted by molar-refractivity contribution is 5.85. The average molecular weight is 414 g/mol. The van der Waals surface area contributed by atoms with Crippen LogP contribution in [0.15, 0.2) is 72.8 Å². The lowest BCUT2D eigenvalue weighted by molar-refractivity contribution is 0.158. The fourth-order valence-corrected chi connectivity index (χ4v) is 5.25. The van der Waals surface area contributed by atoms with Gasteiger partial charge in [-0.1, -0.05) is 73.5 Å². The molecule has 0 aromatic heterocycles. The summed E-state index contributed by atoms with van der Waals surface area (Å²) >= 11 is 0. The Morgan fingerprint density at radius 2 is 1.48 bits per heavy atom. The summed E-state index contributed by atoms with van der Waals surface area (Å²) in [6.45, 7) is 0.470. The van der Waals surface area contributed by atoms with E-state index in [4.69, 9.17) is 4.74 Å². The Morgan fingerprint density at radius 1 is 0.903 bits per heavy atom. The smallest absolute Gasteiger partial charge is 0.411 e. The molecular formula is C27H27NO3. The topological polar surface area (TPSA) is 58.6 Å². The van der Waals surface area contributed by atoms with Gasteiger partial charge in [0.15, 0.2) is 0 Å². The Bertz CT molecular complexity index is 1040. The van der Waals surface area contributed by atoms with Crippen molar-refractivity contribution in [1.82, 2.24) is 0 Å². The second-order valence-corrected chi connectivity index (χ2v) is 8.67. The molecule has 0 spiro atoms. The molecule has 1 fully saturated rings. The lowest BCUT2D eigenvalue weighted by Gasteiger charge is -2.27. The number of fused-ring (bicyclic) bond motifs is 3. The van der Waals surface area contributed by atoms with E-state index in [1.807, 2.05) is 48.5 Å². The van der Waals surface area contributed by atoms with Crippen LogP contribution in [0.1, 0.15) is 48.3 Å². The molecule has 3 aromatic carbocycles. The summed E-state index contributed by atoms with van der Waals surface area (Å²) < 4.78 is 5.62. The molecule has 0 heterocycles. The number of rotatable bonds is 5. The molecule has 158 valence electrons. The van der Waals surface area contributed by atoms with Crippen LogP contribution in [0.2, 0.25) is 0 Å². The van der Waals surface area contributed by atoms with Crippen LogP contribution in [0.3, 0.4) is 0 Å². The predicted octanol–water partition coefficient (Wildman–Crippen LogP) is 5.85. The van der Waals surface area contributed by atoms with Crippen molar-refractivity contribution >= 4 is 11.8 Å². The van der Waals surface area contributed by atoms with Gasteiger partial charge in [-0.2, -0.15) is 0 Å². The van der Waals surface area contributed by atoms with Crippen molar-refractivity contribution < 1.29 is 14.6 Å². The normalized spacial score (nSPS) is 16.5. The molecule has 3 aromatic rings. The van der Waals surface area contributed by atoms with Gasteiger partial charge in [-0.25, -0.2) is 4.79 Å². The molecule has 0 bridgehead atoms. The zero-order valence-electron chi connectivity index (χ0n) is 17.5. The fourth-order valence-electron chi connectivity index (χ4n) is 5.25. The summed E-state index contributed by atoms with van der Waals surface area (Å²) in [5, 5.41) is 12.7. The summed E-state index contributed by atoms with van der Waals surface area (Å²) in [5.41, 5.74) is 6.55. The van der Waals surface area contributed by atoms with Crippen LogP contribution in [0.4, 0.5) is 10.5 Å². The van der Waals surface area contributed by atoms with Crippen LogP contribution < -0.4 is 5.32 Å². The number of carbonyl (C=O) groups excluding carboxylic acids is 1. The van der Waals surface area contributed by atoms with Crippen LogP contribution in [0.5, 0.6) is 0 Å². The highest BCUT2D eigenvalue weighted by Gasteiger charge is 2.35. The summed E-state index contributed by atoms with van der Waals surface area (Å²) in [6, 6.07) is 24.4. The molecule has 0 saturated heterocycles. The van der Waals surface area contributed by atoms with Crippen molar-refractivity contribution in [1.29, 1.82) is 0 Å². The number of carbonyl (C=O) groups is 1. The molecule has 0 atom stereocenters. The van der Waals surface area contributed by atoms with E-state index in [9.17, 15) is 9.90 Å². The number of nitrogens with one attached hydrogen (secondary N) is 1. The zero-order chi connectivity index (χ0) is 21.3. The molecule has 4 heteroatoms. The molecule has 1 amide bonds. The van der Waals surface area contributed by atoms with Crippen molar-refractivity contribution in [2.24, 2.45) is 0 Å². The van der Waals surface area contributed by atoms with E-state index in [2.05, 4.69) is 29.6 Å². The van der Waals surface area contributed by atoms with Gasteiger partial charge in [-0.15, -0.1) is 0 Å². The molecule has 4 nitrogen and oxygen atoms in total. The maximum absolute atomic E-state index is 12.5. The van der Waals surface area contributed by atoms with Gasteiger partial charge in [-0.3, -0.25) is 5.32 Å². The van der Waals surface area contributed by atoms with Crippen molar-refractivity contribution in [2.75, 3.05) is 18.5 Å². The number of anilines is 1. The van der Waals surface area contributed by atoms with Crippen LogP contribution >= 0.6 is 0 Å². The zero-order valence-corrected chi connectivity index (χ0v) is 17.5. The molecule has 0 radical (unpaired) electrons. The highest BCUT2D eigenvalue weighted by Crippen LogP contribution is 2.44. The van der Waals surface area contributed by atoms with Gasteiger partial charge in [0.25, 0.3) is 0 Å². The first-order valence-corrected chi connectivity index (χ1v) is 11.0. The van der Waals surface area contributed by atoms with Gasteiger partial charge in [0.05, 0.1) is 6.61 Å². The summed E-state index contributed by atoms with van der Waals surface area (Å²) in [7, 11) is 0. The van der Waals surface area contributed by atoms with Crippen LogP contribution in [0, 0.1) is 0 Å². The van der Waals surface area contributed by atoms with Gasteiger partial charge in [0, 0.05) is 17.0 Å². The monoisotopic (exact) mass is 413 g/mol. The highest BCUT2D eigenvalue weighted by atomic mass is 16.5. The first-order chi connectivity index (χ1) is 15.2. The largest absolute Gasteiger partial charge is 0.448 e. The number of hydrogen-bond acceptors (Lipinski definition) is 3. The molecule has 2 aliphatic rings. The van der Waals surface area contributed by atoms with Crippen molar-refractivity contribution in [3.8, 4) is 11.1 Å². The minimum Gasteiger partial charge on any atom is -0.448 e. The number of aliphatic hydroxyl groups excluding tert-OH is 1. The van der Waals surface area contributed by atoms with E-state index in [0.29, 0.717) is 12.3 Å². The van der Waals surface area contributed by atoms with Crippen molar-refractivity contribution in [3.63, 3.8) is 0 Å². The van der Waals surface area contributed by atoms with E-state index in [1.165, 1.54) is 22.3 Å². The summed E-state index contributed by atoms with van der Waals surface area (Å²) in [4.78, 5) is 12.5. The van der Waals surface area contributed by atoms with E-state index < -0.39 is 6.09 Å². The number of amides is 1. The standard InChI is InChI=1S/C27H27NO3/c29-18-27(15-5-6-16-27)19-11-13-20(14-12-19)28-26(30)31-17-25-23-9-3-1-7-21(23)22-8-2-4-10-24(22)25/h1-4,7-14,25,29H,5-6,15-18H2,(H,28,30). The average Bonchev–Trinajstić information content (AvgIpc) is 3.42. The Hall–Kier alpha value is -3.11. The van der Waals surface area contributed by atoms with Crippen LogP contribution in [-0.4, -0.2) is 24.4 Å². The number of aliphatic hydroxyl groups is 1. The molecule has 0 unspecified atom stereocenters. The van der Waals surface area contributed by atoms with E-state index >= 15 is 0 Å². The molecule has 0 aliphatic heterocycles. The van der Waals surface area contributed by atoms with Crippen molar-refractivity contribution in [3.05, 3.63) is 89.5 Å². The van der Waals surface area contributed by atoms with Crippen molar-refractivity contribution in [2.45, 2.75) is 37.0 Å². The second kappa shape index (κ2) is 8.20. The maximum atomic E-state index is 12.5. The minimum atomic E-state index is -0.452. The van der Waals surface area contributed by atoms with Crippen LogP contribution in [0.25, 0.3) is 11.1 Å². The number of hydrogen-bond donors (Lipinski definition) is 2. The van der Waals surface area contributed by atoms with E-state index in [1.54, 1.807) is 0 Å². The SMILES string of the molecule is O=C(Nc1ccc(C2(CO)CCCC2)cc1)OCC1c2ccccc2-c2ccccc21. The van der Waals surface area contributed by atoms with Gasteiger partial charge < -0.3 is 9.84 Å². The summed E-state index contributed by atoms with van der Waals surface area (Å²) in [6.07, 6.45) is 3.89. The lowest BCUT2D eigenvalue weighted by atomic mass is 9.80. The minimum absolute atomic E-state index is 0.0484. The molecular weight excluding hydrogens is 386 g/mol. The molecule has 1 saturated carbocycles.